The molecule has 0 aliphatic heterocycles. The maximum atomic E-state index is 10.5. The van der Waals surface area contributed by atoms with E-state index in [2.05, 4.69) is 167 Å². The molecule has 6 heteroatoms. The highest BCUT2D eigenvalue weighted by Crippen LogP contribution is 2.41. The highest BCUT2D eigenvalue weighted by Gasteiger charge is 2.22. The van der Waals surface area contributed by atoms with Gasteiger partial charge >= 0.3 is 0 Å². The monoisotopic (exact) mass is 916 g/mol. The van der Waals surface area contributed by atoms with Crippen LogP contribution in [-0.2, 0) is 0 Å². The quantitative estimate of drug-likeness (QED) is 0.0863. The molecular formula is C66H40N6. The first-order valence-corrected chi connectivity index (χ1v) is 23.9. The van der Waals surface area contributed by atoms with Crippen molar-refractivity contribution in [3.8, 4) is 46.3 Å². The number of hydrogen-bond acceptors (Lipinski definition) is 4. The predicted molar refractivity (Wildman–Crippen MR) is 296 cm³/mol. The van der Waals surface area contributed by atoms with E-state index in [4.69, 9.17) is 9.97 Å². The van der Waals surface area contributed by atoms with Gasteiger partial charge in [0.05, 0.1) is 45.4 Å². The zero-order valence-corrected chi connectivity index (χ0v) is 38.8. The summed E-state index contributed by atoms with van der Waals surface area (Å²) in [6.07, 6.45) is 3.81. The fourth-order valence-electron chi connectivity index (χ4n) is 10.4. The second kappa shape index (κ2) is 17.4. The van der Waals surface area contributed by atoms with Crippen LogP contribution in [0.2, 0.25) is 0 Å². The van der Waals surface area contributed by atoms with Gasteiger partial charge in [0.2, 0.25) is 0 Å². The molecule has 72 heavy (non-hydrogen) atoms. The van der Waals surface area contributed by atoms with Crippen LogP contribution in [0.15, 0.2) is 231 Å². The predicted octanol–water partition coefficient (Wildman–Crippen LogP) is 16.4. The number of benzene rings is 11. The zero-order chi connectivity index (χ0) is 48.1. The fourth-order valence-corrected chi connectivity index (χ4v) is 10.4. The zero-order valence-electron chi connectivity index (χ0n) is 38.8. The van der Waals surface area contributed by atoms with Crippen molar-refractivity contribution in [2.45, 2.75) is 0 Å². The minimum absolute atomic E-state index is 0.542. The Morgan fingerprint density at radius 2 is 0.639 bits per heavy atom. The average Bonchev–Trinajstić information content (AvgIpc) is 4.07. The van der Waals surface area contributed by atoms with E-state index in [0.29, 0.717) is 11.1 Å². The second-order valence-corrected chi connectivity index (χ2v) is 18.0. The average molecular weight is 917 g/mol. The molecule has 0 aliphatic carbocycles. The van der Waals surface area contributed by atoms with Gasteiger partial charge in [-0.3, -0.25) is 9.13 Å². The van der Waals surface area contributed by atoms with E-state index in [-0.39, 0.29) is 0 Å². The maximum absolute atomic E-state index is 10.5. The Morgan fingerprint density at radius 3 is 0.986 bits per heavy atom. The molecular weight excluding hydrogens is 877 g/mol. The van der Waals surface area contributed by atoms with E-state index in [9.17, 15) is 10.5 Å². The van der Waals surface area contributed by atoms with Gasteiger partial charge in [-0.2, -0.15) is 10.5 Å². The molecule has 0 atom stereocenters. The molecule has 2 heterocycles. The van der Waals surface area contributed by atoms with Crippen molar-refractivity contribution >= 4 is 88.5 Å². The van der Waals surface area contributed by atoms with E-state index in [1.807, 2.05) is 97.1 Å². The second-order valence-electron chi connectivity index (χ2n) is 18.0. The molecule has 0 spiro atoms. The van der Waals surface area contributed by atoms with Crippen LogP contribution < -0.4 is 0 Å². The Labute approximate surface area is 415 Å². The van der Waals surface area contributed by atoms with E-state index in [1.54, 1.807) is 0 Å². The number of allylic oxidation sites excluding steroid dienone is 2. The van der Waals surface area contributed by atoms with E-state index in [0.717, 1.165) is 100 Å². The molecule has 6 nitrogen and oxygen atoms in total. The minimum atomic E-state index is 0.542. The van der Waals surface area contributed by atoms with E-state index >= 15 is 0 Å². The van der Waals surface area contributed by atoms with Crippen molar-refractivity contribution in [1.82, 2.24) is 19.1 Å². The molecule has 0 N–H and O–H groups in total. The van der Waals surface area contributed by atoms with Crippen molar-refractivity contribution in [1.29, 1.82) is 10.5 Å². The molecule has 13 rings (SSSR count). The van der Waals surface area contributed by atoms with Gasteiger partial charge in [0.1, 0.15) is 11.6 Å². The topological polar surface area (TPSA) is 83.2 Å². The summed E-state index contributed by atoms with van der Waals surface area (Å²) < 4.78 is 4.50. The third-order valence-electron chi connectivity index (χ3n) is 13.8. The van der Waals surface area contributed by atoms with Crippen molar-refractivity contribution in [2.24, 2.45) is 0 Å². The number of hydrogen-bond donors (Lipinski definition) is 0. The standard InChI is InChI=1S/C66H40N6/c67-41-49(45-31-35-51(36-32-45)71-63-59-25-13-9-21-55(59)53-19-7-11-23-57(53)61(63)69-65(71)47-15-3-1-4-16-47)39-43-27-29-44(30-28-43)40-50(42-68)46-33-37-52(38-34-46)72-64-60-26-14-10-22-56(60)54-20-8-12-24-58(54)62(64)70-66(72)48-17-5-2-6-18-48/h1-40H/b49-39+,50-40+. The van der Waals surface area contributed by atoms with Crippen molar-refractivity contribution in [3.05, 3.63) is 253 Å². The molecule has 0 saturated carbocycles. The van der Waals surface area contributed by atoms with Crippen molar-refractivity contribution < 1.29 is 0 Å². The van der Waals surface area contributed by atoms with Crippen LogP contribution in [-0.4, -0.2) is 19.1 Å². The van der Waals surface area contributed by atoms with Gasteiger partial charge in [0, 0.05) is 44.0 Å². The summed E-state index contributed by atoms with van der Waals surface area (Å²) in [7, 11) is 0. The number of aromatic nitrogens is 4. The highest BCUT2D eigenvalue weighted by molar-refractivity contribution is 6.25. The lowest BCUT2D eigenvalue weighted by Crippen LogP contribution is -1.98. The lowest BCUT2D eigenvalue weighted by molar-refractivity contribution is 1.10. The van der Waals surface area contributed by atoms with Gasteiger partial charge in [-0.05, 0) is 80.2 Å². The Hall–Kier alpha value is -10.1. The van der Waals surface area contributed by atoms with Crippen LogP contribution in [0.4, 0.5) is 0 Å². The SMILES string of the molecule is N#C/C(=C\c1ccc(/C=C(\C#N)c2ccc(-n3c(-c4ccccc4)nc4c5ccccc5c5ccccc5c43)cc2)cc1)c1ccc(-n2c(-c3ccccc3)nc3c4ccccc4c4ccccc4c32)cc1. The molecule has 0 saturated heterocycles. The highest BCUT2D eigenvalue weighted by atomic mass is 15.1. The van der Waals surface area contributed by atoms with Gasteiger partial charge < -0.3 is 0 Å². The first-order valence-electron chi connectivity index (χ1n) is 23.9. The van der Waals surface area contributed by atoms with Crippen molar-refractivity contribution in [2.75, 3.05) is 0 Å². The van der Waals surface area contributed by atoms with Gasteiger partial charge in [0.15, 0.2) is 0 Å². The molecule has 0 amide bonds. The molecule has 0 bridgehead atoms. The van der Waals surface area contributed by atoms with Crippen LogP contribution in [0, 0.1) is 22.7 Å². The van der Waals surface area contributed by atoms with Crippen LogP contribution in [0.3, 0.4) is 0 Å². The summed E-state index contributed by atoms with van der Waals surface area (Å²) in [6, 6.07) is 83.8. The first kappa shape index (κ1) is 42.0. The maximum Gasteiger partial charge on any atom is 0.145 e. The smallest absolute Gasteiger partial charge is 0.145 e. The lowest BCUT2D eigenvalue weighted by Gasteiger charge is -2.13. The summed E-state index contributed by atoms with van der Waals surface area (Å²) in [6.45, 7) is 0. The van der Waals surface area contributed by atoms with E-state index < -0.39 is 0 Å². The Kier molecular flexibility index (Phi) is 10.2. The van der Waals surface area contributed by atoms with Crippen LogP contribution in [0.1, 0.15) is 22.3 Å². The molecule has 334 valence electrons. The number of nitrogens with zero attached hydrogens (tertiary/aromatic N) is 6. The van der Waals surface area contributed by atoms with Crippen LogP contribution in [0.5, 0.6) is 0 Å². The summed E-state index contributed by atoms with van der Waals surface area (Å²) in [5.74, 6) is 1.70. The molecule has 0 aliphatic rings. The largest absolute Gasteiger partial charge is 0.292 e. The van der Waals surface area contributed by atoms with Gasteiger partial charge in [-0.1, -0.05) is 206 Å². The summed E-state index contributed by atoms with van der Waals surface area (Å²) in [5.41, 5.74) is 12.4. The van der Waals surface area contributed by atoms with Gasteiger partial charge in [0.25, 0.3) is 0 Å². The molecule has 0 unspecified atom stereocenters. The van der Waals surface area contributed by atoms with E-state index in [1.165, 1.54) is 21.5 Å². The Bertz CT molecular complexity index is 4130. The molecule has 2 aromatic heterocycles. The Morgan fingerprint density at radius 1 is 0.333 bits per heavy atom. The normalized spacial score (nSPS) is 12.0. The first-order chi connectivity index (χ1) is 35.6. The number of nitriles is 2. The number of fused-ring (bicyclic) bond motifs is 12. The van der Waals surface area contributed by atoms with Gasteiger partial charge in [-0.25, -0.2) is 9.97 Å². The van der Waals surface area contributed by atoms with Crippen LogP contribution >= 0.6 is 0 Å². The minimum Gasteiger partial charge on any atom is -0.292 e. The third-order valence-corrected chi connectivity index (χ3v) is 13.8. The summed E-state index contributed by atoms with van der Waals surface area (Å²) >= 11 is 0. The van der Waals surface area contributed by atoms with Crippen molar-refractivity contribution in [3.63, 3.8) is 0 Å². The molecule has 11 aromatic carbocycles. The molecule has 0 radical (unpaired) electrons. The van der Waals surface area contributed by atoms with Crippen LogP contribution in [0.25, 0.3) is 123 Å². The fraction of sp³-hybridized carbons (Fsp3) is 0. The summed E-state index contributed by atoms with van der Waals surface area (Å²) in [5, 5.41) is 30.1. The third kappa shape index (κ3) is 7.02. The molecule has 0 fully saturated rings. The lowest BCUT2D eigenvalue weighted by atomic mass is 9.99. The Balaban J connectivity index is 0.817. The number of rotatable bonds is 8. The number of imidazole rings is 2. The summed E-state index contributed by atoms with van der Waals surface area (Å²) in [4.78, 5) is 10.7. The molecule has 13 aromatic rings. The van der Waals surface area contributed by atoms with Gasteiger partial charge in [-0.15, -0.1) is 0 Å².